The molecular formula is C13H30N2+2. The lowest BCUT2D eigenvalue weighted by atomic mass is 10.1. The summed E-state index contributed by atoms with van der Waals surface area (Å²) < 4.78 is 0. The molecule has 0 aromatic rings. The van der Waals surface area contributed by atoms with E-state index in [0.717, 1.165) is 6.04 Å². The fourth-order valence-corrected chi connectivity index (χ4v) is 1.61. The lowest BCUT2D eigenvalue weighted by Crippen LogP contribution is -3.06. The van der Waals surface area contributed by atoms with Gasteiger partial charge < -0.3 is 10.2 Å². The van der Waals surface area contributed by atoms with Gasteiger partial charge in [-0.05, 0) is 27.2 Å². The maximum Gasteiger partial charge on any atom is 0.0833 e. The van der Waals surface area contributed by atoms with Crippen molar-refractivity contribution in [3.05, 3.63) is 11.6 Å². The van der Waals surface area contributed by atoms with E-state index in [0.29, 0.717) is 0 Å². The molecule has 0 unspecified atom stereocenters. The highest BCUT2D eigenvalue weighted by Crippen LogP contribution is 1.98. The van der Waals surface area contributed by atoms with Gasteiger partial charge in [-0.1, -0.05) is 11.6 Å². The molecular weight excluding hydrogens is 184 g/mol. The molecule has 0 aliphatic carbocycles. The van der Waals surface area contributed by atoms with E-state index in [1.165, 1.54) is 37.9 Å². The van der Waals surface area contributed by atoms with Crippen LogP contribution >= 0.6 is 0 Å². The van der Waals surface area contributed by atoms with Crippen molar-refractivity contribution >= 4 is 0 Å². The summed E-state index contributed by atoms with van der Waals surface area (Å²) in [5.74, 6) is 0. The Balaban J connectivity index is 3.33. The number of allylic oxidation sites excluding steroid dienone is 2. The van der Waals surface area contributed by atoms with E-state index in [1.807, 2.05) is 0 Å². The zero-order valence-corrected chi connectivity index (χ0v) is 11.3. The minimum Gasteiger partial charge on any atom is -0.344 e. The first-order valence-corrected chi connectivity index (χ1v) is 6.28. The minimum atomic E-state index is 0.776. The third-order valence-electron chi connectivity index (χ3n) is 2.62. The topological polar surface area (TPSA) is 21.1 Å². The van der Waals surface area contributed by atoms with Gasteiger partial charge >= 0.3 is 0 Å². The van der Waals surface area contributed by atoms with Crippen molar-refractivity contribution in [1.82, 2.24) is 0 Å². The van der Waals surface area contributed by atoms with E-state index in [4.69, 9.17) is 0 Å². The number of rotatable bonds is 8. The molecule has 3 N–H and O–H groups in total. The van der Waals surface area contributed by atoms with Crippen molar-refractivity contribution in [2.45, 2.75) is 46.1 Å². The number of quaternary nitrogens is 2. The molecule has 2 nitrogen and oxygen atoms in total. The number of nitrogens with two attached hydrogens (primary N) is 1. The van der Waals surface area contributed by atoms with Crippen molar-refractivity contribution in [3.63, 3.8) is 0 Å². The summed E-state index contributed by atoms with van der Waals surface area (Å²) in [6.07, 6.45) is 6.21. The summed E-state index contributed by atoms with van der Waals surface area (Å²) in [6.45, 7) is 9.25. The van der Waals surface area contributed by atoms with Crippen LogP contribution in [0.1, 0.15) is 40.0 Å². The SMILES string of the molecule is CC(C)=CCC[C@H](C)[NH2+]CCC[NH+](C)C. The van der Waals surface area contributed by atoms with Gasteiger partial charge in [0.2, 0.25) is 0 Å². The average Bonchev–Trinajstić information content (AvgIpc) is 2.11. The fourth-order valence-electron chi connectivity index (χ4n) is 1.61. The molecule has 1 atom stereocenters. The zero-order chi connectivity index (χ0) is 11.7. The van der Waals surface area contributed by atoms with Crippen LogP contribution in [0.25, 0.3) is 0 Å². The summed E-state index contributed by atoms with van der Waals surface area (Å²) in [6, 6.07) is 0.776. The second-order valence-corrected chi connectivity index (χ2v) is 5.17. The van der Waals surface area contributed by atoms with Crippen LogP contribution in [0.2, 0.25) is 0 Å². The van der Waals surface area contributed by atoms with E-state index in [-0.39, 0.29) is 0 Å². The Kier molecular flexibility index (Phi) is 8.73. The molecule has 0 heterocycles. The van der Waals surface area contributed by atoms with Gasteiger partial charge in [0, 0.05) is 12.8 Å². The Bertz CT molecular complexity index is 169. The first-order valence-electron chi connectivity index (χ1n) is 6.28. The fraction of sp³-hybridized carbons (Fsp3) is 0.846. The molecule has 0 rings (SSSR count). The van der Waals surface area contributed by atoms with E-state index in [9.17, 15) is 0 Å². The Morgan fingerprint density at radius 1 is 1.33 bits per heavy atom. The lowest BCUT2D eigenvalue weighted by Gasteiger charge is -2.10. The summed E-state index contributed by atoms with van der Waals surface area (Å²) in [5, 5.41) is 2.49. The molecule has 0 aliphatic heterocycles. The van der Waals surface area contributed by atoms with Gasteiger partial charge in [0.15, 0.2) is 0 Å². The van der Waals surface area contributed by atoms with Crippen LogP contribution in [-0.2, 0) is 0 Å². The standard InChI is InChI=1S/C13H28N2/c1-12(2)8-6-9-13(3)14-10-7-11-15(4)5/h8,13-14H,6-7,9-11H2,1-5H3/p+2/t13-/m0/s1. The molecule has 0 aliphatic rings. The van der Waals surface area contributed by atoms with Crippen LogP contribution < -0.4 is 10.2 Å². The number of hydrogen-bond donors (Lipinski definition) is 2. The number of nitrogens with one attached hydrogen (secondary N) is 1. The lowest BCUT2D eigenvalue weighted by molar-refractivity contribution is -0.860. The maximum atomic E-state index is 2.49. The second-order valence-electron chi connectivity index (χ2n) is 5.17. The van der Waals surface area contributed by atoms with E-state index >= 15 is 0 Å². The quantitative estimate of drug-likeness (QED) is 0.426. The Hall–Kier alpha value is -0.340. The van der Waals surface area contributed by atoms with Gasteiger partial charge in [-0.2, -0.15) is 0 Å². The van der Waals surface area contributed by atoms with Crippen molar-refractivity contribution < 1.29 is 10.2 Å². The molecule has 0 bridgehead atoms. The van der Waals surface area contributed by atoms with Gasteiger partial charge in [-0.3, -0.25) is 0 Å². The molecule has 0 spiro atoms. The summed E-state index contributed by atoms with van der Waals surface area (Å²) in [7, 11) is 4.44. The monoisotopic (exact) mass is 214 g/mol. The van der Waals surface area contributed by atoms with Gasteiger partial charge in [0.1, 0.15) is 0 Å². The smallest absolute Gasteiger partial charge is 0.0833 e. The third kappa shape index (κ3) is 11.6. The van der Waals surface area contributed by atoms with Crippen molar-refractivity contribution in [3.8, 4) is 0 Å². The highest BCUT2D eigenvalue weighted by molar-refractivity contribution is 4.92. The molecule has 0 aromatic heterocycles. The normalized spacial score (nSPS) is 12.9. The second kappa shape index (κ2) is 8.93. The Morgan fingerprint density at radius 3 is 2.53 bits per heavy atom. The molecule has 90 valence electrons. The first kappa shape index (κ1) is 14.7. The molecule has 0 fully saturated rings. The summed E-state index contributed by atoms with van der Waals surface area (Å²) in [4.78, 5) is 1.56. The van der Waals surface area contributed by atoms with E-state index < -0.39 is 0 Å². The zero-order valence-electron chi connectivity index (χ0n) is 11.3. The van der Waals surface area contributed by atoms with Gasteiger partial charge in [-0.25, -0.2) is 0 Å². The molecule has 0 saturated carbocycles. The van der Waals surface area contributed by atoms with Crippen LogP contribution in [-0.4, -0.2) is 33.2 Å². The number of hydrogen-bond acceptors (Lipinski definition) is 0. The third-order valence-corrected chi connectivity index (χ3v) is 2.62. The van der Waals surface area contributed by atoms with Crippen LogP contribution in [0.4, 0.5) is 0 Å². The van der Waals surface area contributed by atoms with Gasteiger partial charge in [-0.15, -0.1) is 0 Å². The highest BCUT2D eigenvalue weighted by Gasteiger charge is 2.03. The molecule has 0 aromatic carbocycles. The van der Waals surface area contributed by atoms with Crippen LogP contribution in [0.15, 0.2) is 11.6 Å². The molecule has 15 heavy (non-hydrogen) atoms. The molecule has 0 saturated heterocycles. The maximum absolute atomic E-state index is 2.49. The average molecular weight is 214 g/mol. The Labute approximate surface area is 95.7 Å². The predicted molar refractivity (Wildman–Crippen MR) is 67.2 cm³/mol. The van der Waals surface area contributed by atoms with Gasteiger partial charge in [0.25, 0.3) is 0 Å². The molecule has 0 radical (unpaired) electrons. The van der Waals surface area contributed by atoms with Crippen LogP contribution in [0.5, 0.6) is 0 Å². The summed E-state index contributed by atoms with van der Waals surface area (Å²) in [5.41, 5.74) is 1.44. The van der Waals surface area contributed by atoms with Crippen molar-refractivity contribution in [2.75, 3.05) is 27.2 Å². The van der Waals surface area contributed by atoms with Crippen molar-refractivity contribution in [1.29, 1.82) is 0 Å². The minimum absolute atomic E-state index is 0.776. The molecule has 2 heteroatoms. The van der Waals surface area contributed by atoms with Crippen LogP contribution in [0, 0.1) is 0 Å². The largest absolute Gasteiger partial charge is 0.344 e. The van der Waals surface area contributed by atoms with Gasteiger partial charge in [0.05, 0.1) is 33.2 Å². The first-order chi connectivity index (χ1) is 7.02. The van der Waals surface area contributed by atoms with Crippen LogP contribution in [0.3, 0.4) is 0 Å². The van der Waals surface area contributed by atoms with Crippen molar-refractivity contribution in [2.24, 2.45) is 0 Å². The van der Waals surface area contributed by atoms with E-state index in [2.05, 4.69) is 46.3 Å². The summed E-state index contributed by atoms with van der Waals surface area (Å²) >= 11 is 0. The predicted octanol–water partition coefficient (Wildman–Crippen LogP) is 0.219. The molecule has 0 amide bonds. The highest BCUT2D eigenvalue weighted by atomic mass is 15.1. The van der Waals surface area contributed by atoms with E-state index in [1.54, 1.807) is 4.90 Å². The Morgan fingerprint density at radius 2 is 2.00 bits per heavy atom.